The fourth-order valence-electron chi connectivity index (χ4n) is 3.12. The van der Waals surface area contributed by atoms with Crippen LogP contribution in [0.2, 0.25) is 0 Å². The molecule has 0 spiro atoms. The summed E-state index contributed by atoms with van der Waals surface area (Å²) in [6.45, 7) is 1.50. The van der Waals surface area contributed by atoms with Crippen molar-refractivity contribution in [1.29, 1.82) is 0 Å². The third kappa shape index (κ3) is 5.21. The minimum Gasteiger partial charge on any atom is -0.454 e. The Kier molecular flexibility index (Phi) is 7.29. The summed E-state index contributed by atoms with van der Waals surface area (Å²) >= 11 is 0. The fourth-order valence-corrected chi connectivity index (χ4v) is 3.12. The third-order valence-electron chi connectivity index (χ3n) is 4.86. The van der Waals surface area contributed by atoms with Crippen LogP contribution in [0.4, 0.5) is 30.7 Å². The van der Waals surface area contributed by atoms with Crippen LogP contribution < -0.4 is 9.47 Å². The molecule has 0 aliphatic carbocycles. The van der Waals surface area contributed by atoms with E-state index in [0.29, 0.717) is 0 Å². The van der Waals surface area contributed by atoms with Crippen molar-refractivity contribution in [2.45, 2.75) is 43.9 Å². The molecule has 34 heavy (non-hydrogen) atoms. The van der Waals surface area contributed by atoms with E-state index in [1.165, 1.54) is 19.1 Å². The van der Waals surface area contributed by atoms with Crippen molar-refractivity contribution in [1.82, 2.24) is 20.2 Å². The molecule has 3 aromatic rings. The molecular weight excluding hydrogens is 477 g/mol. The Hall–Kier alpha value is -3.42. The Morgan fingerprint density at radius 1 is 0.882 bits per heavy atom. The molecule has 0 aliphatic rings. The average Bonchev–Trinajstić information content (AvgIpc) is 3.33. The van der Waals surface area contributed by atoms with Crippen molar-refractivity contribution < 1.29 is 45.3 Å². The molecule has 1 aromatic heterocycles. The van der Waals surface area contributed by atoms with E-state index in [1.54, 1.807) is 0 Å². The molecule has 3 unspecified atom stereocenters. The van der Waals surface area contributed by atoms with Crippen molar-refractivity contribution in [2.24, 2.45) is 0 Å². The summed E-state index contributed by atoms with van der Waals surface area (Å²) in [6.07, 6.45) is -13.9. The van der Waals surface area contributed by atoms with Gasteiger partial charge in [0.1, 0.15) is 23.1 Å². The zero-order valence-electron chi connectivity index (χ0n) is 17.2. The zero-order chi connectivity index (χ0) is 25.1. The van der Waals surface area contributed by atoms with Gasteiger partial charge in [-0.2, -0.15) is 26.7 Å². The summed E-state index contributed by atoms with van der Waals surface area (Å²) in [7, 11) is 0. The van der Waals surface area contributed by atoms with Gasteiger partial charge in [0.15, 0.2) is 6.33 Å². The molecule has 1 N–H and O–H groups in total. The molecule has 0 bridgehead atoms. The van der Waals surface area contributed by atoms with Crippen LogP contribution in [0.15, 0.2) is 54.9 Å². The van der Waals surface area contributed by atoms with Crippen LogP contribution in [-0.2, 0) is 5.60 Å². The van der Waals surface area contributed by atoms with Gasteiger partial charge in [-0.15, -0.1) is 10.2 Å². The number of tetrazole rings is 1. The molecule has 0 saturated heterocycles. The van der Waals surface area contributed by atoms with Crippen LogP contribution in [0.25, 0.3) is 0 Å². The number of nitrogens with zero attached hydrogens (tertiary/aromatic N) is 4. The highest BCUT2D eigenvalue weighted by Gasteiger charge is 2.44. The predicted molar refractivity (Wildman–Crippen MR) is 102 cm³/mol. The highest BCUT2D eigenvalue weighted by molar-refractivity contribution is 5.42. The van der Waals surface area contributed by atoms with Crippen molar-refractivity contribution in [3.8, 4) is 11.5 Å². The number of rotatable bonds is 10. The Morgan fingerprint density at radius 2 is 1.41 bits per heavy atom. The van der Waals surface area contributed by atoms with E-state index < -0.39 is 42.7 Å². The van der Waals surface area contributed by atoms with E-state index in [0.717, 1.165) is 47.5 Å². The normalized spacial score (nSPS) is 15.7. The maximum atomic E-state index is 13.2. The summed E-state index contributed by atoms with van der Waals surface area (Å²) in [5.41, 5.74) is -1.78. The number of halogens is 7. The van der Waals surface area contributed by atoms with Crippen LogP contribution in [0.1, 0.15) is 24.1 Å². The van der Waals surface area contributed by atoms with Crippen molar-refractivity contribution in [3.05, 3.63) is 66.0 Å². The lowest BCUT2D eigenvalue weighted by Crippen LogP contribution is -2.38. The van der Waals surface area contributed by atoms with E-state index in [1.807, 2.05) is 0 Å². The standard InChI is InChI=1S/C20H17F7N4O3/c1-11(31-29-10-28-30-31)19(32,12-2-6-14(7-3-12)33-17(23)16(21)22)13-4-8-15(9-5-13)34-20(26,27)18(24)25/h2-11,16-18,32H,1H3. The SMILES string of the molecule is CC(n1ncnn1)C(O)(c1ccc(OC(F)C(F)F)cc1)c1ccc(OC(F)(F)C(F)F)cc1. The lowest BCUT2D eigenvalue weighted by atomic mass is 9.81. The van der Waals surface area contributed by atoms with E-state index >= 15 is 0 Å². The van der Waals surface area contributed by atoms with Gasteiger partial charge in [0.2, 0.25) is 0 Å². The summed E-state index contributed by atoms with van der Waals surface area (Å²) in [4.78, 5) is 1.05. The molecule has 0 aliphatic heterocycles. The number of hydrogen-bond acceptors (Lipinski definition) is 6. The molecule has 7 nitrogen and oxygen atoms in total. The van der Waals surface area contributed by atoms with Gasteiger partial charge in [-0.25, -0.2) is 8.78 Å². The van der Waals surface area contributed by atoms with Crippen LogP contribution >= 0.6 is 0 Å². The number of hydrogen-bond donors (Lipinski definition) is 1. The largest absolute Gasteiger partial charge is 0.461 e. The summed E-state index contributed by atoms with van der Waals surface area (Å²) < 4.78 is 97.6. The van der Waals surface area contributed by atoms with Gasteiger partial charge in [-0.3, -0.25) is 0 Å². The van der Waals surface area contributed by atoms with Gasteiger partial charge < -0.3 is 14.6 Å². The second kappa shape index (κ2) is 9.83. The Morgan fingerprint density at radius 3 is 1.85 bits per heavy atom. The fraction of sp³-hybridized carbons (Fsp3) is 0.350. The van der Waals surface area contributed by atoms with E-state index in [4.69, 9.17) is 0 Å². The van der Waals surface area contributed by atoms with Crippen molar-refractivity contribution >= 4 is 0 Å². The first-order valence-electron chi connectivity index (χ1n) is 9.55. The third-order valence-corrected chi connectivity index (χ3v) is 4.86. The van der Waals surface area contributed by atoms with E-state index in [9.17, 15) is 35.8 Å². The Bertz CT molecular complexity index is 1050. The minimum absolute atomic E-state index is 0.0784. The minimum atomic E-state index is -4.72. The smallest absolute Gasteiger partial charge is 0.454 e. The predicted octanol–water partition coefficient (Wildman–Crippen LogP) is 4.35. The average molecular weight is 494 g/mol. The number of alkyl halides is 7. The highest BCUT2D eigenvalue weighted by atomic mass is 19.3. The van der Waals surface area contributed by atoms with Gasteiger partial charge in [0.25, 0.3) is 6.36 Å². The Balaban J connectivity index is 1.97. The van der Waals surface area contributed by atoms with E-state index in [2.05, 4.69) is 24.9 Å². The summed E-state index contributed by atoms with van der Waals surface area (Å²) in [6, 6.07) is 8.02. The lowest BCUT2D eigenvalue weighted by molar-refractivity contribution is -0.253. The molecule has 0 fully saturated rings. The second-order valence-electron chi connectivity index (χ2n) is 7.02. The Labute approximate surface area is 187 Å². The van der Waals surface area contributed by atoms with Gasteiger partial charge in [0.05, 0.1) is 0 Å². The van der Waals surface area contributed by atoms with Crippen LogP contribution in [0, 0.1) is 0 Å². The van der Waals surface area contributed by atoms with E-state index in [-0.39, 0.29) is 16.9 Å². The van der Waals surface area contributed by atoms with Crippen molar-refractivity contribution in [3.63, 3.8) is 0 Å². The molecule has 1 heterocycles. The monoisotopic (exact) mass is 494 g/mol. The van der Waals surface area contributed by atoms with Gasteiger partial charge in [0, 0.05) is 0 Å². The zero-order valence-corrected chi connectivity index (χ0v) is 17.2. The molecule has 14 heteroatoms. The number of aromatic nitrogens is 4. The van der Waals surface area contributed by atoms with Crippen molar-refractivity contribution in [2.75, 3.05) is 0 Å². The quantitative estimate of drug-likeness (QED) is 0.422. The van der Waals surface area contributed by atoms with Crippen LogP contribution in [-0.4, -0.2) is 50.6 Å². The first-order chi connectivity index (χ1) is 15.9. The van der Waals surface area contributed by atoms with Crippen LogP contribution in [0.3, 0.4) is 0 Å². The summed E-state index contributed by atoms with van der Waals surface area (Å²) in [5.74, 6) is -0.837. The van der Waals surface area contributed by atoms with Gasteiger partial charge >= 0.3 is 19.0 Å². The first-order valence-corrected chi connectivity index (χ1v) is 9.55. The second-order valence-corrected chi connectivity index (χ2v) is 7.02. The molecule has 2 aromatic carbocycles. The molecule has 0 radical (unpaired) electrons. The van der Waals surface area contributed by atoms with Gasteiger partial charge in [-0.05, 0) is 47.5 Å². The van der Waals surface area contributed by atoms with Gasteiger partial charge in [-0.1, -0.05) is 24.3 Å². The molecule has 0 saturated carbocycles. The molecule has 3 atom stereocenters. The topological polar surface area (TPSA) is 82.3 Å². The highest BCUT2D eigenvalue weighted by Crippen LogP contribution is 2.40. The maximum absolute atomic E-state index is 13.2. The first kappa shape index (κ1) is 25.2. The maximum Gasteiger partial charge on any atom is 0.461 e. The lowest BCUT2D eigenvalue weighted by Gasteiger charge is -2.34. The molecule has 184 valence electrons. The molecular formula is C20H17F7N4O3. The summed E-state index contributed by atoms with van der Waals surface area (Å²) in [5, 5.41) is 22.8. The number of aliphatic hydroxyl groups is 1. The molecule has 3 rings (SSSR count). The number of benzene rings is 2. The van der Waals surface area contributed by atoms with Crippen LogP contribution in [0.5, 0.6) is 11.5 Å². The number of ether oxygens (including phenoxy) is 2. The molecule has 0 amide bonds.